The highest BCUT2D eigenvalue weighted by Crippen LogP contribution is 2.32. The number of thioether (sulfide) groups is 1. The monoisotopic (exact) mass is 314 g/mol. The first-order valence-electron chi connectivity index (χ1n) is 7.29. The van der Waals surface area contributed by atoms with Crippen molar-refractivity contribution in [1.82, 2.24) is 9.88 Å². The number of hydrogen-bond donors (Lipinski definition) is 0. The van der Waals surface area contributed by atoms with E-state index in [4.69, 9.17) is 4.74 Å². The van der Waals surface area contributed by atoms with Crippen LogP contribution in [-0.4, -0.2) is 48.4 Å². The maximum absolute atomic E-state index is 13.4. The van der Waals surface area contributed by atoms with E-state index in [0.29, 0.717) is 25.6 Å². The molecule has 1 aromatic rings. The number of ether oxygens (including phenoxy) is 1. The summed E-state index contributed by atoms with van der Waals surface area (Å²) in [5, 5.41) is 0.943. The van der Waals surface area contributed by atoms with Crippen molar-refractivity contribution in [3.63, 3.8) is 0 Å². The molecule has 1 unspecified atom stereocenters. The Hall–Kier alpha value is -0.720. The number of aromatic nitrogens is 1. The molecular weight excluding hydrogens is 294 g/mol. The highest BCUT2D eigenvalue weighted by molar-refractivity contribution is 7.98. The molecule has 0 amide bonds. The number of pyridine rings is 1. The summed E-state index contributed by atoms with van der Waals surface area (Å²) in [7, 11) is 0. The smallest absolute Gasteiger partial charge is 0.261 e. The lowest BCUT2D eigenvalue weighted by Gasteiger charge is -2.20. The molecule has 0 aliphatic carbocycles. The fourth-order valence-electron chi connectivity index (χ4n) is 3.04. The minimum atomic E-state index is -2.55. The topological polar surface area (TPSA) is 25.4 Å². The number of rotatable bonds is 4. The highest BCUT2D eigenvalue weighted by atomic mass is 32.2. The molecule has 116 valence electrons. The van der Waals surface area contributed by atoms with Gasteiger partial charge in [0.05, 0.1) is 23.9 Å². The van der Waals surface area contributed by atoms with Crippen LogP contribution in [0.5, 0.6) is 0 Å². The van der Waals surface area contributed by atoms with Gasteiger partial charge >= 0.3 is 0 Å². The van der Waals surface area contributed by atoms with Gasteiger partial charge in [-0.3, -0.25) is 4.90 Å². The van der Waals surface area contributed by atoms with E-state index in [1.54, 1.807) is 11.8 Å². The van der Waals surface area contributed by atoms with Gasteiger partial charge in [-0.25, -0.2) is 13.8 Å². The number of alkyl halides is 2. The molecule has 3 heterocycles. The third-order valence-corrected chi connectivity index (χ3v) is 4.83. The molecule has 0 N–H and O–H groups in total. The minimum Gasteiger partial charge on any atom is -0.381 e. The molecule has 2 fully saturated rings. The van der Waals surface area contributed by atoms with Crippen LogP contribution in [0.4, 0.5) is 8.78 Å². The van der Waals surface area contributed by atoms with E-state index in [2.05, 4.69) is 11.1 Å². The van der Waals surface area contributed by atoms with Crippen molar-refractivity contribution in [2.75, 3.05) is 32.6 Å². The van der Waals surface area contributed by atoms with Crippen LogP contribution < -0.4 is 0 Å². The van der Waals surface area contributed by atoms with Gasteiger partial charge in [-0.2, -0.15) is 0 Å². The fraction of sp³-hybridized carbons (Fsp3) is 0.667. The van der Waals surface area contributed by atoms with Crippen molar-refractivity contribution in [2.24, 2.45) is 0 Å². The zero-order valence-corrected chi connectivity index (χ0v) is 13.0. The quantitative estimate of drug-likeness (QED) is 0.797. The molecule has 2 saturated heterocycles. The molecule has 0 spiro atoms. The molecule has 1 aromatic heterocycles. The second-order valence-corrected chi connectivity index (χ2v) is 6.59. The van der Waals surface area contributed by atoms with Crippen LogP contribution in [0.3, 0.4) is 0 Å². The van der Waals surface area contributed by atoms with Crippen LogP contribution in [0.1, 0.15) is 30.0 Å². The number of likely N-dealkylation sites (tertiary alicyclic amines) is 1. The molecule has 2 aliphatic rings. The molecule has 3 nitrogen and oxygen atoms in total. The Kier molecular flexibility index (Phi) is 4.47. The van der Waals surface area contributed by atoms with E-state index in [-0.39, 0.29) is 13.0 Å². The number of halogens is 2. The Labute approximate surface area is 128 Å². The number of nitrogens with zero attached hydrogens (tertiary/aromatic N) is 2. The molecular formula is C15H20F2N2OS. The highest BCUT2D eigenvalue weighted by Gasteiger charge is 2.38. The van der Waals surface area contributed by atoms with E-state index in [1.807, 2.05) is 17.2 Å². The van der Waals surface area contributed by atoms with Crippen molar-refractivity contribution in [3.8, 4) is 0 Å². The predicted molar refractivity (Wildman–Crippen MR) is 79.0 cm³/mol. The Morgan fingerprint density at radius 1 is 1.48 bits per heavy atom. The molecule has 21 heavy (non-hydrogen) atoms. The van der Waals surface area contributed by atoms with Gasteiger partial charge in [0.2, 0.25) is 0 Å². The molecule has 0 radical (unpaired) electrons. The zero-order chi connectivity index (χ0) is 14.9. The number of hydrogen-bond acceptors (Lipinski definition) is 4. The maximum Gasteiger partial charge on any atom is 0.261 e. The second kappa shape index (κ2) is 6.18. The predicted octanol–water partition coefficient (Wildman–Crippen LogP) is 3.15. The van der Waals surface area contributed by atoms with E-state index in [1.165, 1.54) is 5.56 Å². The van der Waals surface area contributed by atoms with Gasteiger partial charge in [-0.15, -0.1) is 11.8 Å². The van der Waals surface area contributed by atoms with Gasteiger partial charge in [0.1, 0.15) is 0 Å². The molecule has 0 saturated carbocycles. The summed E-state index contributed by atoms with van der Waals surface area (Å²) in [6.45, 7) is 2.28. The van der Waals surface area contributed by atoms with Gasteiger partial charge in [-0.1, -0.05) is 6.07 Å². The van der Waals surface area contributed by atoms with Crippen molar-refractivity contribution in [1.29, 1.82) is 0 Å². The van der Waals surface area contributed by atoms with Crippen molar-refractivity contribution >= 4 is 11.8 Å². The SMILES string of the molecule is CSc1ccc(C2CCOC2)c(CN2CCC(F)(F)C2)n1. The zero-order valence-electron chi connectivity index (χ0n) is 12.1. The summed E-state index contributed by atoms with van der Waals surface area (Å²) in [6.07, 6.45) is 2.93. The van der Waals surface area contributed by atoms with Crippen LogP contribution in [0.25, 0.3) is 0 Å². The second-order valence-electron chi connectivity index (χ2n) is 5.77. The van der Waals surface area contributed by atoms with Crippen LogP contribution in [-0.2, 0) is 11.3 Å². The fourth-order valence-corrected chi connectivity index (χ4v) is 3.44. The Morgan fingerprint density at radius 3 is 2.95 bits per heavy atom. The van der Waals surface area contributed by atoms with E-state index >= 15 is 0 Å². The average molecular weight is 314 g/mol. The Bertz CT molecular complexity index is 506. The van der Waals surface area contributed by atoms with Crippen LogP contribution >= 0.6 is 11.8 Å². The van der Waals surface area contributed by atoms with Crippen LogP contribution in [0.15, 0.2) is 17.2 Å². The standard InChI is InChI=1S/C15H20F2N2OS/c1-21-14-3-2-12(11-4-7-20-9-11)13(18-14)8-19-6-5-15(16,17)10-19/h2-3,11H,4-10H2,1H3. The summed E-state index contributed by atoms with van der Waals surface area (Å²) in [4.78, 5) is 6.48. The normalized spacial score (nSPS) is 25.6. The molecule has 1 atom stereocenters. The van der Waals surface area contributed by atoms with Gasteiger partial charge in [0, 0.05) is 32.0 Å². The van der Waals surface area contributed by atoms with Crippen LogP contribution in [0.2, 0.25) is 0 Å². The van der Waals surface area contributed by atoms with Gasteiger partial charge < -0.3 is 4.74 Å². The van der Waals surface area contributed by atoms with Crippen molar-refractivity contribution in [3.05, 3.63) is 23.4 Å². The Balaban J connectivity index is 1.81. The molecule has 6 heteroatoms. The Morgan fingerprint density at radius 2 is 2.33 bits per heavy atom. The first-order valence-corrected chi connectivity index (χ1v) is 8.51. The molecule has 0 bridgehead atoms. The van der Waals surface area contributed by atoms with Crippen LogP contribution in [0, 0.1) is 0 Å². The summed E-state index contributed by atoms with van der Waals surface area (Å²) in [5.41, 5.74) is 2.11. The molecule has 3 rings (SSSR count). The summed E-state index contributed by atoms with van der Waals surface area (Å²) >= 11 is 1.58. The van der Waals surface area contributed by atoms with E-state index in [9.17, 15) is 8.78 Å². The van der Waals surface area contributed by atoms with Gasteiger partial charge in [0.25, 0.3) is 5.92 Å². The first kappa shape index (κ1) is 15.2. The summed E-state index contributed by atoms with van der Waals surface area (Å²) in [6, 6.07) is 4.11. The van der Waals surface area contributed by atoms with Crippen molar-refractivity contribution in [2.45, 2.75) is 36.3 Å². The van der Waals surface area contributed by atoms with Gasteiger partial charge in [0.15, 0.2) is 0 Å². The lowest BCUT2D eigenvalue weighted by atomic mass is 9.97. The van der Waals surface area contributed by atoms with Crippen molar-refractivity contribution < 1.29 is 13.5 Å². The first-order chi connectivity index (χ1) is 10.1. The average Bonchev–Trinajstić information content (AvgIpc) is 3.08. The third-order valence-electron chi connectivity index (χ3n) is 4.18. The largest absolute Gasteiger partial charge is 0.381 e. The lowest BCUT2D eigenvalue weighted by Crippen LogP contribution is -2.26. The molecule has 2 aliphatic heterocycles. The third kappa shape index (κ3) is 3.55. The molecule has 0 aromatic carbocycles. The summed E-state index contributed by atoms with van der Waals surface area (Å²) < 4.78 is 32.2. The summed E-state index contributed by atoms with van der Waals surface area (Å²) in [5.74, 6) is -2.19. The lowest BCUT2D eigenvalue weighted by molar-refractivity contribution is 0.0113. The minimum absolute atomic E-state index is 0.0446. The maximum atomic E-state index is 13.4. The van der Waals surface area contributed by atoms with E-state index in [0.717, 1.165) is 23.7 Å². The van der Waals surface area contributed by atoms with Gasteiger partial charge in [-0.05, 0) is 24.3 Å². The van der Waals surface area contributed by atoms with E-state index < -0.39 is 5.92 Å².